The van der Waals surface area contributed by atoms with Gasteiger partial charge in [-0.2, -0.15) is 5.10 Å². The predicted octanol–water partition coefficient (Wildman–Crippen LogP) is 5.96. The van der Waals surface area contributed by atoms with Crippen molar-refractivity contribution < 1.29 is 13.6 Å². The number of benzene rings is 1. The molecule has 1 aromatic carbocycles. The summed E-state index contributed by atoms with van der Waals surface area (Å²) in [7, 11) is 0. The maximum atomic E-state index is 13.3. The van der Waals surface area contributed by atoms with Crippen LogP contribution in [0.4, 0.5) is 0 Å². The average molecular weight is 407 g/mol. The Kier molecular flexibility index (Phi) is 4.60. The number of carbonyl (C=O) groups excluding carboxylic acids is 1. The Morgan fingerprint density at radius 3 is 2.62 bits per heavy atom. The molecule has 0 bridgehead atoms. The number of hydrogen-bond acceptors (Lipinski definition) is 4. The number of amides is 1. The van der Waals surface area contributed by atoms with E-state index in [2.05, 4.69) is 0 Å². The van der Waals surface area contributed by atoms with Gasteiger partial charge in [0, 0.05) is 16.5 Å². The third-order valence-corrected chi connectivity index (χ3v) is 5.75. The first kappa shape index (κ1) is 18.0. The Hall–Kier alpha value is -3.05. The van der Waals surface area contributed by atoms with Crippen LogP contribution in [0.25, 0.3) is 6.08 Å². The second-order valence-electron chi connectivity index (χ2n) is 7.29. The Balaban J connectivity index is 1.56. The topological polar surface area (TPSA) is 59.0 Å². The molecule has 146 valence electrons. The summed E-state index contributed by atoms with van der Waals surface area (Å²) in [6.07, 6.45) is 8.21. The summed E-state index contributed by atoms with van der Waals surface area (Å²) >= 11 is 5.99. The highest BCUT2D eigenvalue weighted by Gasteiger charge is 2.45. The standard InChI is InChI=1S/C23H19ClN2O3/c24-17-10-8-15(9-11-17)23(27)26-22(20-7-3-13-29-20)19-6-1-4-16(21(19)25-26)14-18-5-2-12-28-18/h2-3,5,7-14,19,22H,1,4,6H2/b16-14+/t19-,22-/m1/s1. The molecule has 1 aliphatic carbocycles. The van der Waals surface area contributed by atoms with Crippen LogP contribution in [0.2, 0.25) is 5.02 Å². The van der Waals surface area contributed by atoms with Crippen LogP contribution >= 0.6 is 11.6 Å². The van der Waals surface area contributed by atoms with Gasteiger partial charge in [0.15, 0.2) is 0 Å². The zero-order valence-corrected chi connectivity index (χ0v) is 16.4. The minimum atomic E-state index is -0.261. The number of hydrazone groups is 1. The van der Waals surface area contributed by atoms with Crippen molar-refractivity contribution in [3.05, 3.63) is 88.7 Å². The van der Waals surface area contributed by atoms with E-state index < -0.39 is 0 Å². The highest BCUT2D eigenvalue weighted by molar-refractivity contribution is 6.30. The molecule has 0 unspecified atom stereocenters. The van der Waals surface area contributed by atoms with E-state index >= 15 is 0 Å². The van der Waals surface area contributed by atoms with Crippen molar-refractivity contribution in [2.75, 3.05) is 0 Å². The lowest BCUT2D eigenvalue weighted by Gasteiger charge is -2.27. The number of allylic oxidation sites excluding steroid dienone is 1. The molecule has 6 heteroatoms. The molecule has 0 saturated heterocycles. The van der Waals surface area contributed by atoms with E-state index in [1.807, 2.05) is 30.3 Å². The van der Waals surface area contributed by atoms with Gasteiger partial charge in [-0.3, -0.25) is 4.79 Å². The molecule has 0 spiro atoms. The van der Waals surface area contributed by atoms with Crippen LogP contribution in [-0.2, 0) is 0 Å². The van der Waals surface area contributed by atoms with Gasteiger partial charge in [0.05, 0.1) is 18.2 Å². The van der Waals surface area contributed by atoms with E-state index in [-0.39, 0.29) is 17.9 Å². The van der Waals surface area contributed by atoms with Gasteiger partial charge in [-0.05, 0) is 79.4 Å². The third-order valence-electron chi connectivity index (χ3n) is 5.50. The van der Waals surface area contributed by atoms with Crippen molar-refractivity contribution in [2.45, 2.75) is 25.3 Å². The highest BCUT2D eigenvalue weighted by atomic mass is 35.5. The normalized spacial score (nSPS) is 22.6. The van der Waals surface area contributed by atoms with E-state index in [1.165, 1.54) is 0 Å². The van der Waals surface area contributed by atoms with Crippen molar-refractivity contribution in [3.63, 3.8) is 0 Å². The van der Waals surface area contributed by atoms with E-state index in [0.717, 1.165) is 42.1 Å². The molecule has 1 saturated carbocycles. The maximum Gasteiger partial charge on any atom is 0.274 e. The van der Waals surface area contributed by atoms with Crippen LogP contribution < -0.4 is 0 Å². The number of hydrogen-bond donors (Lipinski definition) is 0. The van der Waals surface area contributed by atoms with Crippen molar-refractivity contribution >= 4 is 29.3 Å². The summed E-state index contributed by atoms with van der Waals surface area (Å²) in [4.78, 5) is 13.3. The number of fused-ring (bicyclic) bond motifs is 1. The Morgan fingerprint density at radius 1 is 1.10 bits per heavy atom. The molecule has 2 aliphatic rings. The van der Waals surface area contributed by atoms with Gasteiger partial charge < -0.3 is 8.83 Å². The highest BCUT2D eigenvalue weighted by Crippen LogP contribution is 2.45. The maximum absolute atomic E-state index is 13.3. The largest absolute Gasteiger partial charge is 0.467 e. The van der Waals surface area contributed by atoms with E-state index in [9.17, 15) is 4.79 Å². The van der Waals surface area contributed by atoms with Crippen LogP contribution in [0.1, 0.15) is 47.2 Å². The number of nitrogens with zero attached hydrogens (tertiary/aromatic N) is 2. The molecular weight excluding hydrogens is 388 g/mol. The van der Waals surface area contributed by atoms with Gasteiger partial charge in [-0.25, -0.2) is 5.01 Å². The van der Waals surface area contributed by atoms with Crippen LogP contribution in [-0.4, -0.2) is 16.6 Å². The van der Waals surface area contributed by atoms with Crippen LogP contribution in [0, 0.1) is 5.92 Å². The fourth-order valence-electron chi connectivity index (χ4n) is 4.18. The second kappa shape index (κ2) is 7.41. The van der Waals surface area contributed by atoms with Crippen molar-refractivity contribution in [1.82, 2.24) is 5.01 Å². The van der Waals surface area contributed by atoms with Crippen LogP contribution in [0.15, 0.2) is 80.6 Å². The molecule has 0 radical (unpaired) electrons. The second-order valence-corrected chi connectivity index (χ2v) is 7.72. The zero-order valence-electron chi connectivity index (χ0n) is 15.6. The molecule has 0 N–H and O–H groups in total. The van der Waals surface area contributed by atoms with Gasteiger partial charge in [-0.1, -0.05) is 11.6 Å². The molecule has 2 atom stereocenters. The fraction of sp³-hybridized carbons (Fsp3) is 0.217. The van der Waals surface area contributed by atoms with Gasteiger partial charge in [0.25, 0.3) is 5.91 Å². The van der Waals surface area contributed by atoms with Gasteiger partial charge in [0.1, 0.15) is 17.6 Å². The summed E-state index contributed by atoms with van der Waals surface area (Å²) < 4.78 is 11.2. The van der Waals surface area contributed by atoms with Crippen molar-refractivity contribution in [3.8, 4) is 0 Å². The summed E-state index contributed by atoms with van der Waals surface area (Å²) in [6, 6.07) is 14.2. The summed E-state index contributed by atoms with van der Waals surface area (Å²) in [5.74, 6) is 1.46. The van der Waals surface area contributed by atoms with Crippen molar-refractivity contribution in [1.29, 1.82) is 0 Å². The van der Waals surface area contributed by atoms with Gasteiger partial charge in [0.2, 0.25) is 0 Å². The first-order valence-electron chi connectivity index (χ1n) is 9.66. The van der Waals surface area contributed by atoms with Crippen molar-refractivity contribution in [2.24, 2.45) is 11.0 Å². The lowest BCUT2D eigenvalue weighted by atomic mass is 9.79. The monoisotopic (exact) mass is 406 g/mol. The molecule has 5 nitrogen and oxygen atoms in total. The van der Waals surface area contributed by atoms with Gasteiger partial charge in [-0.15, -0.1) is 0 Å². The van der Waals surface area contributed by atoms with Crippen LogP contribution in [0.3, 0.4) is 0 Å². The van der Waals surface area contributed by atoms with E-state index in [0.29, 0.717) is 10.6 Å². The lowest BCUT2D eigenvalue weighted by molar-refractivity contribution is 0.0656. The predicted molar refractivity (Wildman–Crippen MR) is 111 cm³/mol. The molecule has 1 amide bonds. The molecular formula is C23H19ClN2O3. The quantitative estimate of drug-likeness (QED) is 0.539. The zero-order chi connectivity index (χ0) is 19.8. The van der Waals surface area contributed by atoms with Crippen LogP contribution in [0.5, 0.6) is 0 Å². The fourth-order valence-corrected chi connectivity index (χ4v) is 4.30. The van der Waals surface area contributed by atoms with E-state index in [1.54, 1.807) is 41.8 Å². The number of halogens is 1. The minimum absolute atomic E-state index is 0.0902. The number of carbonyl (C=O) groups is 1. The Bertz CT molecular complexity index is 1070. The third kappa shape index (κ3) is 3.32. The summed E-state index contributed by atoms with van der Waals surface area (Å²) in [5.41, 5.74) is 2.60. The molecule has 29 heavy (non-hydrogen) atoms. The molecule has 3 heterocycles. The lowest BCUT2D eigenvalue weighted by Crippen LogP contribution is -2.31. The first-order valence-corrected chi connectivity index (χ1v) is 10.0. The summed E-state index contributed by atoms with van der Waals surface area (Å²) in [6.45, 7) is 0. The Labute approximate surface area is 173 Å². The average Bonchev–Trinajstić information content (AvgIpc) is 3.48. The number of furan rings is 2. The van der Waals surface area contributed by atoms with E-state index in [4.69, 9.17) is 25.5 Å². The summed E-state index contributed by atoms with van der Waals surface area (Å²) in [5, 5.41) is 6.97. The smallest absolute Gasteiger partial charge is 0.274 e. The molecule has 1 aliphatic heterocycles. The minimum Gasteiger partial charge on any atom is -0.467 e. The Morgan fingerprint density at radius 2 is 1.90 bits per heavy atom. The number of rotatable bonds is 3. The molecule has 5 rings (SSSR count). The first-order chi connectivity index (χ1) is 14.2. The molecule has 2 aromatic heterocycles. The molecule has 1 fully saturated rings. The van der Waals surface area contributed by atoms with Gasteiger partial charge >= 0.3 is 0 Å². The SMILES string of the molecule is O=C(c1ccc(Cl)cc1)N1N=C2/C(=C/c3ccco3)CCC[C@H]2[C@@H]1c1ccco1. The molecule has 3 aromatic rings.